The summed E-state index contributed by atoms with van der Waals surface area (Å²) in [6, 6.07) is 5.37. The average Bonchev–Trinajstić information content (AvgIpc) is 2.61. The number of carbonyl (C=O) groups excluding carboxylic acids is 2. The molecular weight excluding hydrogens is 414 g/mol. The summed E-state index contributed by atoms with van der Waals surface area (Å²) in [5.41, 5.74) is 2.36. The third kappa shape index (κ3) is 4.30. The van der Waals surface area contributed by atoms with Gasteiger partial charge in [0.05, 0.1) is 42.8 Å². The number of rotatable bonds is 6. The Bertz CT molecular complexity index is 837. The van der Waals surface area contributed by atoms with E-state index in [1.165, 1.54) is 7.11 Å². The van der Waals surface area contributed by atoms with Gasteiger partial charge in [-0.1, -0.05) is 15.9 Å². The number of esters is 2. The Labute approximate surface area is 167 Å². The third-order valence-electron chi connectivity index (χ3n) is 3.95. The maximum absolute atomic E-state index is 12.7. The predicted molar refractivity (Wildman–Crippen MR) is 105 cm³/mol. The minimum absolute atomic E-state index is 0.204. The van der Waals surface area contributed by atoms with E-state index in [2.05, 4.69) is 20.9 Å². The van der Waals surface area contributed by atoms with E-state index in [0.717, 1.165) is 4.47 Å². The van der Waals surface area contributed by atoms with E-state index in [9.17, 15) is 9.59 Å². The number of nitrogens with zero attached hydrogens (tertiary/aromatic N) is 1. The molecule has 144 valence electrons. The van der Waals surface area contributed by atoms with E-state index in [1.54, 1.807) is 39.8 Å². The largest absolute Gasteiger partial charge is 0.496 e. The number of aromatic nitrogens is 1. The van der Waals surface area contributed by atoms with Gasteiger partial charge in [-0.25, -0.2) is 9.59 Å². The minimum Gasteiger partial charge on any atom is -0.496 e. The number of hydrogen-bond donors (Lipinski definition) is 0. The molecule has 0 aliphatic carbocycles. The summed E-state index contributed by atoms with van der Waals surface area (Å²) in [5.74, 6) is -0.588. The molecule has 1 heterocycles. The van der Waals surface area contributed by atoms with Crippen LogP contribution in [0.15, 0.2) is 22.7 Å². The molecule has 0 radical (unpaired) electrons. The van der Waals surface area contributed by atoms with Crippen molar-refractivity contribution in [3.63, 3.8) is 0 Å². The zero-order chi connectivity index (χ0) is 20.1. The first-order valence-electron chi connectivity index (χ1n) is 8.54. The monoisotopic (exact) mass is 435 g/mol. The van der Waals surface area contributed by atoms with E-state index in [1.807, 2.05) is 6.07 Å². The first-order chi connectivity index (χ1) is 12.8. The minimum atomic E-state index is -0.551. The summed E-state index contributed by atoms with van der Waals surface area (Å²) in [5, 5.41) is 0. The SMILES string of the molecule is CCOC(=O)c1c(C)nc(C)c(C(=O)OCC)c1-c1cc(Br)ccc1OC. The van der Waals surface area contributed by atoms with E-state index in [4.69, 9.17) is 14.2 Å². The van der Waals surface area contributed by atoms with Gasteiger partial charge in [0, 0.05) is 15.6 Å². The van der Waals surface area contributed by atoms with Crippen LogP contribution >= 0.6 is 15.9 Å². The Hall–Kier alpha value is -2.41. The number of halogens is 1. The molecule has 0 aliphatic heterocycles. The molecule has 0 atom stereocenters. The van der Waals surface area contributed by atoms with Gasteiger partial charge in [-0.3, -0.25) is 4.98 Å². The van der Waals surface area contributed by atoms with Gasteiger partial charge in [-0.2, -0.15) is 0 Å². The first kappa shape index (κ1) is 20.9. The van der Waals surface area contributed by atoms with Crippen molar-refractivity contribution < 1.29 is 23.8 Å². The molecule has 27 heavy (non-hydrogen) atoms. The number of benzene rings is 1. The lowest BCUT2D eigenvalue weighted by atomic mass is 9.92. The lowest BCUT2D eigenvalue weighted by molar-refractivity contribution is 0.0525. The van der Waals surface area contributed by atoms with Gasteiger partial charge in [0.2, 0.25) is 0 Å². The second kappa shape index (κ2) is 8.99. The molecule has 0 aliphatic rings. The summed E-state index contributed by atoms with van der Waals surface area (Å²) in [7, 11) is 1.53. The molecule has 0 saturated heterocycles. The maximum atomic E-state index is 12.7. The Morgan fingerprint density at radius 1 is 1.00 bits per heavy atom. The van der Waals surface area contributed by atoms with Crippen molar-refractivity contribution in [1.82, 2.24) is 4.98 Å². The second-order valence-corrected chi connectivity index (χ2v) is 6.61. The van der Waals surface area contributed by atoms with Crippen LogP contribution < -0.4 is 4.74 Å². The van der Waals surface area contributed by atoms with Gasteiger partial charge in [0.1, 0.15) is 5.75 Å². The Kier molecular flexibility index (Phi) is 6.96. The number of pyridine rings is 1. The number of methoxy groups -OCH3 is 1. The zero-order valence-corrected chi connectivity index (χ0v) is 17.6. The Morgan fingerprint density at radius 2 is 1.52 bits per heavy atom. The van der Waals surface area contributed by atoms with Crippen molar-refractivity contribution in [1.29, 1.82) is 0 Å². The summed E-state index contributed by atoms with van der Waals surface area (Å²) < 4.78 is 16.7. The van der Waals surface area contributed by atoms with E-state index in [-0.39, 0.29) is 24.3 Å². The van der Waals surface area contributed by atoms with E-state index in [0.29, 0.717) is 28.3 Å². The van der Waals surface area contributed by atoms with Gasteiger partial charge >= 0.3 is 11.9 Å². The second-order valence-electron chi connectivity index (χ2n) is 5.69. The molecule has 0 fully saturated rings. The Morgan fingerprint density at radius 3 is 1.96 bits per heavy atom. The highest BCUT2D eigenvalue weighted by molar-refractivity contribution is 9.10. The van der Waals surface area contributed by atoms with E-state index >= 15 is 0 Å². The van der Waals surface area contributed by atoms with Crippen molar-refractivity contribution in [3.05, 3.63) is 45.2 Å². The molecule has 0 saturated carbocycles. The molecule has 6 nitrogen and oxygen atoms in total. The van der Waals surface area contributed by atoms with Gasteiger partial charge < -0.3 is 14.2 Å². The van der Waals surface area contributed by atoms with Crippen LogP contribution in [0.25, 0.3) is 11.1 Å². The fourth-order valence-corrected chi connectivity index (χ4v) is 3.26. The molecular formula is C20H22BrNO5. The highest BCUT2D eigenvalue weighted by Crippen LogP contribution is 2.39. The summed E-state index contributed by atoms with van der Waals surface area (Å²) in [6.07, 6.45) is 0. The molecule has 2 aromatic rings. The molecule has 0 N–H and O–H groups in total. The maximum Gasteiger partial charge on any atom is 0.340 e. The number of ether oxygens (including phenoxy) is 3. The van der Waals surface area contributed by atoms with Crippen LogP contribution in [0.3, 0.4) is 0 Å². The highest BCUT2D eigenvalue weighted by Gasteiger charge is 2.29. The zero-order valence-electron chi connectivity index (χ0n) is 16.0. The fourth-order valence-electron chi connectivity index (χ4n) is 2.90. The smallest absolute Gasteiger partial charge is 0.340 e. The van der Waals surface area contributed by atoms with Gasteiger partial charge in [-0.15, -0.1) is 0 Å². The van der Waals surface area contributed by atoms with Gasteiger partial charge in [0.15, 0.2) is 0 Å². The Balaban J connectivity index is 2.96. The summed E-state index contributed by atoms with van der Waals surface area (Å²) in [4.78, 5) is 29.8. The molecule has 2 rings (SSSR count). The first-order valence-corrected chi connectivity index (χ1v) is 9.34. The van der Waals surface area contributed by atoms with Crippen LogP contribution in [-0.2, 0) is 9.47 Å². The fraction of sp³-hybridized carbons (Fsp3) is 0.350. The van der Waals surface area contributed by atoms with Crippen molar-refractivity contribution in [2.24, 2.45) is 0 Å². The average molecular weight is 436 g/mol. The van der Waals surface area contributed by atoms with Crippen LogP contribution in [0.5, 0.6) is 5.75 Å². The van der Waals surface area contributed by atoms with Crippen molar-refractivity contribution in [3.8, 4) is 16.9 Å². The van der Waals surface area contributed by atoms with Gasteiger partial charge in [0.25, 0.3) is 0 Å². The predicted octanol–water partition coefficient (Wildman–Crippen LogP) is 4.49. The lowest BCUT2D eigenvalue weighted by Crippen LogP contribution is -2.17. The molecule has 0 unspecified atom stereocenters. The van der Waals surface area contributed by atoms with Crippen LogP contribution in [0.4, 0.5) is 0 Å². The van der Waals surface area contributed by atoms with Crippen LogP contribution in [0.1, 0.15) is 46.0 Å². The molecule has 1 aromatic heterocycles. The number of aryl methyl sites for hydroxylation is 2. The molecule has 0 bridgehead atoms. The van der Waals surface area contributed by atoms with Crippen LogP contribution in [0.2, 0.25) is 0 Å². The van der Waals surface area contributed by atoms with E-state index < -0.39 is 11.9 Å². The van der Waals surface area contributed by atoms with Gasteiger partial charge in [-0.05, 0) is 45.9 Å². The highest BCUT2D eigenvalue weighted by atomic mass is 79.9. The molecule has 7 heteroatoms. The standard InChI is InChI=1S/C20H22BrNO5/c1-6-26-19(23)16-11(3)22-12(4)17(20(24)27-7-2)18(16)14-10-13(21)8-9-15(14)25-5/h8-10H,6-7H2,1-5H3. The van der Waals surface area contributed by atoms with Crippen LogP contribution in [0, 0.1) is 13.8 Å². The molecule has 0 amide bonds. The normalized spacial score (nSPS) is 10.4. The quantitative estimate of drug-likeness (QED) is 0.622. The number of carbonyl (C=O) groups is 2. The van der Waals surface area contributed by atoms with Crippen LogP contribution in [-0.4, -0.2) is 37.2 Å². The molecule has 1 aromatic carbocycles. The third-order valence-corrected chi connectivity index (χ3v) is 4.44. The van der Waals surface area contributed by atoms with Crippen molar-refractivity contribution in [2.45, 2.75) is 27.7 Å². The molecule has 0 spiro atoms. The number of hydrogen-bond acceptors (Lipinski definition) is 6. The summed E-state index contributed by atoms with van der Waals surface area (Å²) in [6.45, 7) is 7.27. The van der Waals surface area contributed by atoms with Crippen molar-refractivity contribution in [2.75, 3.05) is 20.3 Å². The van der Waals surface area contributed by atoms with Crippen molar-refractivity contribution >= 4 is 27.9 Å². The lowest BCUT2D eigenvalue weighted by Gasteiger charge is -2.19. The summed E-state index contributed by atoms with van der Waals surface area (Å²) >= 11 is 3.44. The topological polar surface area (TPSA) is 74.7 Å².